The smallest absolute Gasteiger partial charge is 0.390 e. The average molecular weight is 713 g/mol. The van der Waals surface area contributed by atoms with Crippen molar-refractivity contribution in [2.75, 3.05) is 57.8 Å². The predicted molar refractivity (Wildman–Crippen MR) is 176 cm³/mol. The van der Waals surface area contributed by atoms with Crippen molar-refractivity contribution in [3.63, 3.8) is 0 Å². The number of piperidine rings is 2. The van der Waals surface area contributed by atoms with E-state index in [1.807, 2.05) is 0 Å². The summed E-state index contributed by atoms with van der Waals surface area (Å²) in [6.07, 6.45) is 1.16. The third-order valence-electron chi connectivity index (χ3n) is 9.59. The Kier molecular flexibility index (Phi) is 10.7. The number of thioether (sulfide) groups is 1. The van der Waals surface area contributed by atoms with E-state index in [2.05, 4.69) is 25.0 Å². The van der Waals surface area contributed by atoms with Crippen LogP contribution in [0.25, 0.3) is 11.3 Å². The van der Waals surface area contributed by atoms with Gasteiger partial charge in [0.2, 0.25) is 10.0 Å². The van der Waals surface area contributed by atoms with Gasteiger partial charge in [0.1, 0.15) is 5.82 Å². The number of halogens is 3. The van der Waals surface area contributed by atoms with E-state index in [0.29, 0.717) is 61.0 Å². The van der Waals surface area contributed by atoms with Crippen LogP contribution in [0.15, 0.2) is 27.9 Å². The average Bonchev–Trinajstić information content (AvgIpc) is 3.64. The van der Waals surface area contributed by atoms with Crippen LogP contribution in [0.1, 0.15) is 60.7 Å². The number of hydrogen-bond donors (Lipinski definition) is 3. The molecule has 17 heteroatoms. The summed E-state index contributed by atoms with van der Waals surface area (Å²) in [6, 6.07) is 4.04. The summed E-state index contributed by atoms with van der Waals surface area (Å²) < 4.78 is 70.4. The van der Waals surface area contributed by atoms with Gasteiger partial charge in [0.15, 0.2) is 0 Å². The fraction of sp³-hybridized carbons (Fsp3) is 0.645. The van der Waals surface area contributed by atoms with Crippen LogP contribution in [0.2, 0.25) is 0 Å². The maximum atomic E-state index is 14.1. The third kappa shape index (κ3) is 8.35. The van der Waals surface area contributed by atoms with Crippen LogP contribution in [0.3, 0.4) is 0 Å². The minimum atomic E-state index is -4.52. The summed E-state index contributed by atoms with van der Waals surface area (Å²) in [5.74, 6) is 1.29. The number of aliphatic hydroxyl groups excluding tert-OH is 1. The molecule has 2 saturated heterocycles. The number of aliphatic hydroxyl groups is 1. The summed E-state index contributed by atoms with van der Waals surface area (Å²) in [7, 11) is -3.52. The molecule has 0 amide bonds. The fourth-order valence-corrected chi connectivity index (χ4v) is 8.95. The van der Waals surface area contributed by atoms with Gasteiger partial charge >= 0.3 is 11.9 Å². The molecule has 1 aromatic carbocycles. The number of sulfonamides is 1. The Bertz CT molecular complexity index is 1730. The highest BCUT2D eigenvalue weighted by atomic mass is 32.2. The van der Waals surface area contributed by atoms with Crippen LogP contribution in [0.5, 0.6) is 0 Å². The van der Waals surface area contributed by atoms with Crippen LogP contribution in [-0.2, 0) is 35.7 Å². The standard InChI is InChI=1S/C31H43F3N8O4S2/c1-48(45,46)41-14-9-26-24(20-41)28(22-5-6-25(31(32,33)34)27(17-22)47-16-15-39-10-3-2-4-11-39)38-42(26)19-23(43)18-40-12-7-21(8-13-40)29-35-30(44)37-36-29/h5-6,17,21,23,43H,2-4,7-16,18-20H2,1H3,(H2,35,36,37,44). The second-order valence-corrected chi connectivity index (χ2v) is 16.2. The number of nitrogens with zero attached hydrogens (tertiary/aromatic N) is 6. The minimum absolute atomic E-state index is 0.0564. The molecule has 6 rings (SSSR count). The van der Waals surface area contributed by atoms with Gasteiger partial charge in [-0.05, 0) is 64.0 Å². The molecule has 2 fully saturated rings. The van der Waals surface area contributed by atoms with E-state index in [9.17, 15) is 31.5 Å². The van der Waals surface area contributed by atoms with Crippen molar-refractivity contribution < 1.29 is 26.7 Å². The van der Waals surface area contributed by atoms with Crippen LogP contribution in [0.4, 0.5) is 13.2 Å². The molecule has 3 N–H and O–H groups in total. The lowest BCUT2D eigenvalue weighted by Crippen LogP contribution is -2.40. The molecule has 0 spiro atoms. The highest BCUT2D eigenvalue weighted by molar-refractivity contribution is 7.99. The molecular formula is C31H43F3N8O4S2. The third-order valence-corrected chi connectivity index (χ3v) is 11.9. The van der Waals surface area contributed by atoms with Gasteiger partial charge < -0.3 is 14.9 Å². The Balaban J connectivity index is 1.21. The van der Waals surface area contributed by atoms with Gasteiger partial charge in [-0.3, -0.25) is 9.67 Å². The normalized spacial score (nSPS) is 19.9. The number of alkyl halides is 3. The SMILES string of the molecule is CS(=O)(=O)N1CCc2c(c(-c3ccc(C(F)(F)F)c(SCCN4CCCCC4)c3)nn2CC(O)CN2CCC(c3n[nH]c(=O)[nH]3)CC2)C1. The number of fused-ring (bicyclic) bond motifs is 1. The van der Waals surface area contributed by atoms with Gasteiger partial charge in [0.25, 0.3) is 0 Å². The highest BCUT2D eigenvalue weighted by Gasteiger charge is 2.35. The molecule has 12 nitrogen and oxygen atoms in total. The molecule has 0 radical (unpaired) electrons. The predicted octanol–water partition coefficient (Wildman–Crippen LogP) is 3.12. The van der Waals surface area contributed by atoms with Gasteiger partial charge in [-0.15, -0.1) is 11.8 Å². The first kappa shape index (κ1) is 35.1. The molecule has 3 aromatic rings. The molecule has 5 heterocycles. The first-order chi connectivity index (χ1) is 22.8. The Morgan fingerprint density at radius 3 is 2.48 bits per heavy atom. The molecular weight excluding hydrogens is 670 g/mol. The van der Waals surface area contributed by atoms with Crippen molar-refractivity contribution >= 4 is 21.8 Å². The zero-order valence-electron chi connectivity index (χ0n) is 27.0. The zero-order valence-corrected chi connectivity index (χ0v) is 28.6. The molecule has 264 valence electrons. The maximum absolute atomic E-state index is 14.1. The number of benzene rings is 1. The Morgan fingerprint density at radius 1 is 1.06 bits per heavy atom. The second kappa shape index (κ2) is 14.6. The Labute approximate surface area is 282 Å². The van der Waals surface area contributed by atoms with Crippen LogP contribution < -0.4 is 5.69 Å². The van der Waals surface area contributed by atoms with Crippen molar-refractivity contribution in [1.29, 1.82) is 0 Å². The first-order valence-electron chi connectivity index (χ1n) is 16.5. The van der Waals surface area contributed by atoms with E-state index in [4.69, 9.17) is 5.10 Å². The lowest BCUT2D eigenvalue weighted by atomic mass is 9.96. The second-order valence-electron chi connectivity index (χ2n) is 13.1. The maximum Gasteiger partial charge on any atom is 0.417 e. The molecule has 0 bridgehead atoms. The number of aromatic amines is 2. The van der Waals surface area contributed by atoms with Gasteiger partial charge in [-0.2, -0.15) is 27.7 Å². The topological polar surface area (TPSA) is 143 Å². The zero-order chi connectivity index (χ0) is 34.1. The van der Waals surface area contributed by atoms with Crippen molar-refractivity contribution in [2.45, 2.75) is 74.7 Å². The molecule has 1 atom stereocenters. The van der Waals surface area contributed by atoms with Gasteiger partial charge in [0, 0.05) is 66.0 Å². The molecule has 0 aliphatic carbocycles. The number of β-amino-alcohol motifs (C(OH)–C–C–N with tert-alkyl or cyclic N) is 1. The summed E-state index contributed by atoms with van der Waals surface area (Å²) in [5.41, 5.74) is 1.33. The first-order valence-corrected chi connectivity index (χ1v) is 19.3. The van der Waals surface area contributed by atoms with Gasteiger partial charge in [-0.1, -0.05) is 12.5 Å². The summed E-state index contributed by atoms with van der Waals surface area (Å²) in [5, 5.41) is 22.5. The lowest BCUT2D eigenvalue weighted by Gasteiger charge is -2.32. The fourth-order valence-electron chi connectivity index (χ4n) is 7.04. The summed E-state index contributed by atoms with van der Waals surface area (Å²) >= 11 is 1.18. The van der Waals surface area contributed by atoms with E-state index in [0.717, 1.165) is 56.8 Å². The number of rotatable bonds is 11. The monoisotopic (exact) mass is 712 g/mol. The molecule has 3 aliphatic heterocycles. The quantitative estimate of drug-likeness (QED) is 0.256. The van der Waals surface area contributed by atoms with Gasteiger partial charge in [-0.25, -0.2) is 18.3 Å². The molecule has 0 saturated carbocycles. The van der Waals surface area contributed by atoms with E-state index in [1.165, 1.54) is 34.6 Å². The molecule has 48 heavy (non-hydrogen) atoms. The minimum Gasteiger partial charge on any atom is -0.390 e. The van der Waals surface area contributed by atoms with E-state index in [-0.39, 0.29) is 36.1 Å². The summed E-state index contributed by atoms with van der Waals surface area (Å²) in [6.45, 7) is 4.92. The number of aromatic nitrogens is 5. The number of hydrogen-bond acceptors (Lipinski definition) is 9. The Morgan fingerprint density at radius 2 is 1.81 bits per heavy atom. The van der Waals surface area contributed by atoms with Crippen LogP contribution >= 0.6 is 11.8 Å². The van der Waals surface area contributed by atoms with E-state index < -0.39 is 27.9 Å². The number of nitrogens with one attached hydrogen (secondary N) is 2. The molecule has 1 unspecified atom stereocenters. The molecule has 3 aliphatic rings. The van der Waals surface area contributed by atoms with Crippen molar-refractivity contribution in [3.05, 3.63) is 51.3 Å². The van der Waals surface area contributed by atoms with Crippen molar-refractivity contribution in [2.24, 2.45) is 0 Å². The van der Waals surface area contributed by atoms with Gasteiger partial charge in [0.05, 0.1) is 30.2 Å². The largest absolute Gasteiger partial charge is 0.417 e. The lowest BCUT2D eigenvalue weighted by molar-refractivity contribution is -0.139. The van der Waals surface area contributed by atoms with E-state index >= 15 is 0 Å². The van der Waals surface area contributed by atoms with Crippen molar-refractivity contribution in [1.82, 2.24) is 39.1 Å². The van der Waals surface area contributed by atoms with Crippen molar-refractivity contribution in [3.8, 4) is 11.3 Å². The highest BCUT2D eigenvalue weighted by Crippen LogP contribution is 2.40. The summed E-state index contributed by atoms with van der Waals surface area (Å²) in [4.78, 5) is 18.7. The molecule has 2 aromatic heterocycles. The van der Waals surface area contributed by atoms with E-state index in [1.54, 1.807) is 4.68 Å². The van der Waals surface area contributed by atoms with Crippen LogP contribution in [0, 0.1) is 0 Å². The van der Waals surface area contributed by atoms with Crippen LogP contribution in [-0.4, -0.2) is 117 Å². The number of H-pyrrole nitrogens is 2. The number of likely N-dealkylation sites (tertiary alicyclic amines) is 2. The Hall–Kier alpha value is -2.70.